The third-order valence-corrected chi connectivity index (χ3v) is 3.65. The van der Waals surface area contributed by atoms with Gasteiger partial charge in [-0.1, -0.05) is 0 Å². The lowest BCUT2D eigenvalue weighted by Crippen LogP contribution is -2.25. The van der Waals surface area contributed by atoms with Crippen LogP contribution in [0.1, 0.15) is 18.3 Å². The first-order valence-corrected chi connectivity index (χ1v) is 8.38. The quantitative estimate of drug-likeness (QED) is 0.595. The van der Waals surface area contributed by atoms with Gasteiger partial charge >= 0.3 is 12.1 Å². The first-order valence-electron chi connectivity index (χ1n) is 8.38. The van der Waals surface area contributed by atoms with Crippen molar-refractivity contribution in [3.05, 3.63) is 47.9 Å². The second-order valence-corrected chi connectivity index (χ2v) is 5.68. The molecule has 3 aromatic rings. The number of fused-ring (bicyclic) bond motifs is 1. The summed E-state index contributed by atoms with van der Waals surface area (Å²) in [5.41, 5.74) is 0.177. The minimum Gasteiger partial charge on any atom is -0.465 e. The lowest BCUT2D eigenvalue weighted by Gasteiger charge is -2.07. The summed E-state index contributed by atoms with van der Waals surface area (Å²) in [6, 6.07) is 6.19. The van der Waals surface area contributed by atoms with Gasteiger partial charge in [0.25, 0.3) is 0 Å². The molecular formula is C17H17F3N6O2. The number of carbonyl (C=O) groups is 1. The highest BCUT2D eigenvalue weighted by molar-refractivity contribution is 5.71. The predicted octanol–water partition coefficient (Wildman–Crippen LogP) is 2.54. The van der Waals surface area contributed by atoms with Crippen LogP contribution in [0.3, 0.4) is 0 Å². The van der Waals surface area contributed by atoms with Crippen LogP contribution in [-0.4, -0.2) is 38.7 Å². The van der Waals surface area contributed by atoms with Gasteiger partial charge in [0.05, 0.1) is 25.3 Å². The minimum atomic E-state index is -4.39. The van der Waals surface area contributed by atoms with E-state index in [9.17, 15) is 18.0 Å². The molecule has 0 fully saturated rings. The first kappa shape index (κ1) is 19.5. The van der Waals surface area contributed by atoms with E-state index < -0.39 is 11.7 Å². The minimum absolute atomic E-state index is 0.0251. The number of hydrogen-bond acceptors (Lipinski definition) is 7. The molecular weight excluding hydrogens is 377 g/mol. The molecule has 0 amide bonds. The van der Waals surface area contributed by atoms with Crippen LogP contribution < -0.4 is 10.6 Å². The van der Waals surface area contributed by atoms with E-state index in [1.165, 1.54) is 16.6 Å². The summed E-state index contributed by atoms with van der Waals surface area (Å²) >= 11 is 0. The molecule has 0 aliphatic carbocycles. The van der Waals surface area contributed by atoms with Crippen LogP contribution >= 0.6 is 0 Å². The van der Waals surface area contributed by atoms with Crippen molar-refractivity contribution in [3.8, 4) is 0 Å². The van der Waals surface area contributed by atoms with Crippen molar-refractivity contribution in [2.45, 2.75) is 19.6 Å². The average molecular weight is 394 g/mol. The molecule has 0 radical (unpaired) electrons. The number of anilines is 2. The third-order valence-electron chi connectivity index (χ3n) is 3.65. The molecule has 0 bridgehead atoms. The molecule has 0 atom stereocenters. The molecule has 11 heteroatoms. The molecule has 0 aliphatic heterocycles. The highest BCUT2D eigenvalue weighted by atomic mass is 19.4. The van der Waals surface area contributed by atoms with Crippen LogP contribution in [0.4, 0.5) is 24.8 Å². The Bertz CT molecular complexity index is 956. The Balaban J connectivity index is 1.71. The Morgan fingerprint density at radius 2 is 1.96 bits per heavy atom. The number of alkyl halides is 3. The summed E-state index contributed by atoms with van der Waals surface area (Å²) in [7, 11) is 0. The van der Waals surface area contributed by atoms with Crippen LogP contribution in [0.2, 0.25) is 0 Å². The van der Waals surface area contributed by atoms with E-state index in [4.69, 9.17) is 4.74 Å². The Hall–Kier alpha value is -3.21. The summed E-state index contributed by atoms with van der Waals surface area (Å²) in [5.74, 6) is 0.340. The largest absolute Gasteiger partial charge is 0.465 e. The highest BCUT2D eigenvalue weighted by Crippen LogP contribution is 2.30. The van der Waals surface area contributed by atoms with E-state index >= 15 is 0 Å². The van der Waals surface area contributed by atoms with Crippen molar-refractivity contribution in [2.75, 3.05) is 18.5 Å². The van der Waals surface area contributed by atoms with Crippen LogP contribution in [-0.2, 0) is 22.3 Å². The van der Waals surface area contributed by atoms with Gasteiger partial charge in [0.1, 0.15) is 5.82 Å². The van der Waals surface area contributed by atoms with Gasteiger partial charge in [0.2, 0.25) is 5.95 Å². The molecule has 0 saturated carbocycles. The predicted molar refractivity (Wildman–Crippen MR) is 93.8 cm³/mol. The monoisotopic (exact) mass is 394 g/mol. The first-order chi connectivity index (χ1) is 13.4. The lowest BCUT2D eigenvalue weighted by atomic mass is 10.2. The standard InChI is InChI=1S/C17H17F3N6O2/c1-2-28-15(27)10-21-9-14-22-8-7-13-24-16(25-26(13)14)23-12-5-3-11(4-6-12)17(18,19)20/h3-8,21H,2,9-10H2,1H3,(H,23,25). The van der Waals surface area contributed by atoms with E-state index in [2.05, 4.69) is 25.7 Å². The highest BCUT2D eigenvalue weighted by Gasteiger charge is 2.29. The van der Waals surface area contributed by atoms with E-state index in [1.807, 2.05) is 0 Å². The van der Waals surface area contributed by atoms with Gasteiger partial charge in [0.15, 0.2) is 5.65 Å². The van der Waals surface area contributed by atoms with Gasteiger partial charge in [-0.3, -0.25) is 10.1 Å². The van der Waals surface area contributed by atoms with Gasteiger partial charge < -0.3 is 10.1 Å². The number of nitrogens with zero attached hydrogens (tertiary/aromatic N) is 4. The molecule has 2 aromatic heterocycles. The van der Waals surface area contributed by atoms with E-state index in [0.717, 1.165) is 12.1 Å². The molecule has 0 aliphatic rings. The summed E-state index contributed by atoms with van der Waals surface area (Å²) in [5, 5.41) is 10.0. The summed E-state index contributed by atoms with van der Waals surface area (Å²) < 4.78 is 44.2. The molecule has 148 valence electrons. The molecule has 2 N–H and O–H groups in total. The van der Waals surface area contributed by atoms with Gasteiger partial charge in [-0.15, -0.1) is 5.10 Å². The van der Waals surface area contributed by atoms with E-state index in [1.54, 1.807) is 19.2 Å². The maximum absolute atomic E-state index is 12.6. The zero-order valence-electron chi connectivity index (χ0n) is 14.8. The fraction of sp³-hybridized carbons (Fsp3) is 0.294. The molecule has 28 heavy (non-hydrogen) atoms. The normalized spacial score (nSPS) is 11.6. The molecule has 1 aromatic carbocycles. The van der Waals surface area contributed by atoms with Crippen molar-refractivity contribution >= 4 is 23.3 Å². The number of esters is 1. The smallest absolute Gasteiger partial charge is 0.416 e. The fourth-order valence-electron chi connectivity index (χ4n) is 2.40. The number of nitrogens with one attached hydrogen (secondary N) is 2. The van der Waals surface area contributed by atoms with Crippen molar-refractivity contribution in [2.24, 2.45) is 0 Å². The Labute approximate surface area is 157 Å². The Morgan fingerprint density at radius 1 is 1.21 bits per heavy atom. The fourth-order valence-corrected chi connectivity index (χ4v) is 2.40. The zero-order chi connectivity index (χ0) is 20.1. The van der Waals surface area contributed by atoms with Crippen LogP contribution in [0.25, 0.3) is 5.65 Å². The van der Waals surface area contributed by atoms with E-state index in [-0.39, 0.29) is 25.0 Å². The lowest BCUT2D eigenvalue weighted by molar-refractivity contribution is -0.142. The maximum Gasteiger partial charge on any atom is 0.416 e. The number of ether oxygens (including phenoxy) is 1. The van der Waals surface area contributed by atoms with Crippen LogP contribution in [0.5, 0.6) is 0 Å². The summed E-state index contributed by atoms with van der Waals surface area (Å²) in [4.78, 5) is 19.8. The second-order valence-electron chi connectivity index (χ2n) is 5.68. The number of carbonyl (C=O) groups excluding carboxylic acids is 1. The molecule has 2 heterocycles. The molecule has 0 unspecified atom stereocenters. The van der Waals surface area contributed by atoms with Crippen molar-refractivity contribution in [1.29, 1.82) is 0 Å². The second kappa shape index (κ2) is 8.21. The zero-order valence-corrected chi connectivity index (χ0v) is 14.8. The van der Waals surface area contributed by atoms with Gasteiger partial charge in [-0.2, -0.15) is 22.7 Å². The number of aromatic nitrogens is 4. The van der Waals surface area contributed by atoms with E-state index in [0.29, 0.717) is 23.8 Å². The number of hydrogen-bond donors (Lipinski definition) is 2. The topological polar surface area (TPSA) is 93.4 Å². The maximum atomic E-state index is 12.6. The SMILES string of the molecule is CCOC(=O)CNCc1nccc2nc(Nc3ccc(C(F)(F)F)cc3)nn12. The van der Waals surface area contributed by atoms with Crippen molar-refractivity contribution in [3.63, 3.8) is 0 Å². The van der Waals surface area contributed by atoms with Crippen LogP contribution in [0.15, 0.2) is 36.5 Å². The van der Waals surface area contributed by atoms with Crippen molar-refractivity contribution in [1.82, 2.24) is 24.9 Å². The number of halogens is 3. The van der Waals surface area contributed by atoms with Gasteiger partial charge in [0, 0.05) is 18.0 Å². The van der Waals surface area contributed by atoms with Gasteiger partial charge in [-0.05, 0) is 31.2 Å². The average Bonchev–Trinajstić information content (AvgIpc) is 3.05. The molecule has 8 nitrogen and oxygen atoms in total. The number of benzene rings is 1. The Morgan fingerprint density at radius 3 is 2.64 bits per heavy atom. The van der Waals surface area contributed by atoms with Crippen molar-refractivity contribution < 1.29 is 22.7 Å². The van der Waals surface area contributed by atoms with Gasteiger partial charge in [-0.25, -0.2) is 4.98 Å². The third kappa shape index (κ3) is 4.74. The van der Waals surface area contributed by atoms with Crippen LogP contribution in [0, 0.1) is 0 Å². The molecule has 0 spiro atoms. The Kier molecular flexibility index (Phi) is 5.73. The number of rotatable bonds is 7. The summed E-state index contributed by atoms with van der Waals surface area (Å²) in [6.45, 7) is 2.30. The summed E-state index contributed by atoms with van der Waals surface area (Å²) in [6.07, 6.45) is -2.84. The molecule has 3 rings (SSSR count). The molecule has 0 saturated heterocycles.